The van der Waals surface area contributed by atoms with Crippen LogP contribution in [-0.2, 0) is 35.9 Å². The lowest BCUT2D eigenvalue weighted by atomic mass is 10.0. The van der Waals surface area contributed by atoms with Gasteiger partial charge in [-0.3, -0.25) is 14.5 Å². The Morgan fingerprint density at radius 1 is 0.957 bits per heavy atom. The van der Waals surface area contributed by atoms with E-state index < -0.39 is 55.6 Å². The Bertz CT molecular complexity index is 1560. The fourth-order valence-corrected chi connectivity index (χ4v) is 7.98. The van der Waals surface area contributed by atoms with E-state index in [1.807, 2.05) is 24.8 Å². The number of nitrogens with one attached hydrogen (secondary N) is 2. The number of rotatable bonds is 16. The molecule has 4 rings (SSSR count). The highest BCUT2D eigenvalue weighted by molar-refractivity contribution is 7.90. The average Bonchev–Trinajstić information content (AvgIpc) is 3.67. The van der Waals surface area contributed by atoms with Crippen molar-refractivity contribution in [3.63, 3.8) is 0 Å². The number of carbonyl (C=O) groups excluding carboxylic acids is 2. The number of hydrogen-bond acceptors (Lipinski definition) is 10. The molecule has 0 bridgehead atoms. The van der Waals surface area contributed by atoms with Gasteiger partial charge in [0.2, 0.25) is 28.6 Å². The topological polar surface area (TPSA) is 172 Å². The van der Waals surface area contributed by atoms with Crippen LogP contribution in [0.25, 0.3) is 0 Å². The zero-order valence-corrected chi connectivity index (χ0v) is 28.1. The Morgan fingerprint density at radius 3 is 2.28 bits per heavy atom. The second kappa shape index (κ2) is 15.6. The number of amides is 2. The smallest absolute Gasteiger partial charge is 0.243 e. The molecule has 2 aromatic rings. The first kappa shape index (κ1) is 35.6. The Morgan fingerprint density at radius 2 is 1.63 bits per heavy atom. The largest absolute Gasteiger partial charge is 0.454 e. The van der Waals surface area contributed by atoms with Crippen LogP contribution in [0.5, 0.6) is 11.5 Å². The van der Waals surface area contributed by atoms with Gasteiger partial charge in [-0.25, -0.2) is 16.8 Å². The number of aliphatic hydroxyl groups is 1. The molecule has 0 aromatic heterocycles. The van der Waals surface area contributed by atoms with Crippen molar-refractivity contribution in [1.82, 2.24) is 19.8 Å². The maximum Gasteiger partial charge on any atom is 0.243 e. The number of ether oxygens (including phenoxy) is 2. The van der Waals surface area contributed by atoms with Gasteiger partial charge in [-0.05, 0) is 56.0 Å². The molecule has 2 aliphatic heterocycles. The van der Waals surface area contributed by atoms with E-state index in [-0.39, 0.29) is 43.7 Å². The fraction of sp³-hybridized carbons (Fsp3) is 0.548. The number of hydrogen-bond donors (Lipinski definition) is 3. The Hall–Kier alpha value is -3.24. The molecule has 254 valence electrons. The number of aliphatic hydroxyl groups excluding tert-OH is 1. The Labute approximate surface area is 271 Å². The molecule has 15 heteroatoms. The average molecular weight is 681 g/mol. The van der Waals surface area contributed by atoms with Crippen molar-refractivity contribution < 1.29 is 41.0 Å². The summed E-state index contributed by atoms with van der Waals surface area (Å²) in [6.45, 7) is 4.89. The van der Waals surface area contributed by atoms with E-state index in [0.717, 1.165) is 42.1 Å². The number of benzene rings is 2. The number of nitrogens with zero attached hydrogens (tertiary/aromatic N) is 2. The van der Waals surface area contributed by atoms with Crippen LogP contribution in [0.15, 0.2) is 53.4 Å². The SMILES string of the molecule is CC(C)CN(CC(O)C(Cc1ccccc1)NC(=O)C(CS(C)(=O)=O)NC(=O)CN1CCCC1)S(=O)(=O)c1ccc2c(c1)OCO2. The van der Waals surface area contributed by atoms with Gasteiger partial charge in [0.1, 0.15) is 15.9 Å². The van der Waals surface area contributed by atoms with E-state index in [0.29, 0.717) is 11.5 Å². The van der Waals surface area contributed by atoms with Crippen LogP contribution in [-0.4, -0.2) is 113 Å². The summed E-state index contributed by atoms with van der Waals surface area (Å²) in [5.74, 6) is -1.31. The summed E-state index contributed by atoms with van der Waals surface area (Å²) < 4.78 is 64.1. The molecule has 46 heavy (non-hydrogen) atoms. The first-order chi connectivity index (χ1) is 21.7. The molecule has 3 atom stereocenters. The minimum Gasteiger partial charge on any atom is -0.454 e. The molecule has 2 aliphatic rings. The van der Waals surface area contributed by atoms with E-state index in [2.05, 4.69) is 10.6 Å². The van der Waals surface area contributed by atoms with Crippen LogP contribution in [0.2, 0.25) is 0 Å². The van der Waals surface area contributed by atoms with E-state index in [1.54, 1.807) is 24.3 Å². The minimum absolute atomic E-state index is 0.0207. The molecule has 2 aromatic carbocycles. The molecule has 0 radical (unpaired) electrons. The van der Waals surface area contributed by atoms with Gasteiger partial charge in [-0.15, -0.1) is 0 Å². The molecule has 0 aliphatic carbocycles. The number of carbonyl (C=O) groups is 2. The summed E-state index contributed by atoms with van der Waals surface area (Å²) in [4.78, 5) is 28.3. The zero-order valence-electron chi connectivity index (χ0n) is 26.4. The third-order valence-electron chi connectivity index (χ3n) is 7.72. The van der Waals surface area contributed by atoms with Crippen molar-refractivity contribution in [2.24, 2.45) is 5.92 Å². The lowest BCUT2D eigenvalue weighted by molar-refractivity contribution is -0.129. The second-order valence-electron chi connectivity index (χ2n) is 12.3. The fourth-order valence-electron chi connectivity index (χ4n) is 5.50. The molecule has 3 unspecified atom stereocenters. The highest BCUT2D eigenvalue weighted by Gasteiger charge is 2.34. The highest BCUT2D eigenvalue weighted by Crippen LogP contribution is 2.35. The van der Waals surface area contributed by atoms with Crippen molar-refractivity contribution in [2.45, 2.75) is 56.2 Å². The Balaban J connectivity index is 1.57. The van der Waals surface area contributed by atoms with Gasteiger partial charge in [0.25, 0.3) is 0 Å². The van der Waals surface area contributed by atoms with Crippen molar-refractivity contribution >= 4 is 31.7 Å². The number of likely N-dealkylation sites (tertiary alicyclic amines) is 1. The predicted molar refractivity (Wildman–Crippen MR) is 172 cm³/mol. The van der Waals surface area contributed by atoms with Gasteiger partial charge in [0.05, 0.1) is 29.3 Å². The van der Waals surface area contributed by atoms with Gasteiger partial charge in [0.15, 0.2) is 11.5 Å². The summed E-state index contributed by atoms with van der Waals surface area (Å²) in [5.41, 5.74) is 0.749. The Kier molecular flexibility index (Phi) is 12.1. The molecule has 0 spiro atoms. The van der Waals surface area contributed by atoms with Crippen LogP contribution in [0, 0.1) is 5.92 Å². The maximum absolute atomic E-state index is 13.8. The highest BCUT2D eigenvalue weighted by atomic mass is 32.2. The standard InChI is InChI=1S/C31H44N4O9S2/c1-22(2)17-35(46(41,42)24-11-12-28-29(16-24)44-21-43-28)18-27(36)25(15-23-9-5-4-6-10-23)33-31(38)26(20-45(3,39)40)32-30(37)19-34-13-7-8-14-34/h4-6,9-12,16,22,25-27,36H,7-8,13-15,17-21H2,1-3H3,(H,32,37)(H,33,38). The van der Waals surface area contributed by atoms with Gasteiger partial charge in [-0.2, -0.15) is 4.31 Å². The number of sulfone groups is 1. The van der Waals surface area contributed by atoms with Gasteiger partial charge >= 0.3 is 0 Å². The molecular formula is C31H44N4O9S2. The van der Waals surface area contributed by atoms with Crippen LogP contribution in [0.1, 0.15) is 32.3 Å². The monoisotopic (exact) mass is 680 g/mol. The summed E-state index contributed by atoms with van der Waals surface area (Å²) in [5, 5.41) is 16.9. The zero-order chi connectivity index (χ0) is 33.5. The van der Waals surface area contributed by atoms with Crippen molar-refractivity contribution in [1.29, 1.82) is 0 Å². The van der Waals surface area contributed by atoms with Gasteiger partial charge in [-0.1, -0.05) is 44.2 Å². The molecule has 0 saturated carbocycles. The van der Waals surface area contributed by atoms with Crippen LogP contribution in [0.3, 0.4) is 0 Å². The normalized spacial score (nSPS) is 17.2. The molecule has 13 nitrogen and oxygen atoms in total. The first-order valence-corrected chi connectivity index (χ1v) is 18.8. The molecule has 3 N–H and O–H groups in total. The molecule has 1 fully saturated rings. The predicted octanol–water partition coefficient (Wildman–Crippen LogP) is 0.776. The number of fused-ring (bicyclic) bond motifs is 1. The molecule has 2 amide bonds. The molecular weight excluding hydrogens is 636 g/mol. The lowest BCUT2D eigenvalue weighted by Gasteiger charge is -2.31. The first-order valence-electron chi connectivity index (χ1n) is 15.3. The van der Waals surface area contributed by atoms with Crippen molar-refractivity contribution in [2.75, 3.05) is 51.5 Å². The van der Waals surface area contributed by atoms with Crippen LogP contribution >= 0.6 is 0 Å². The maximum atomic E-state index is 13.8. The van der Waals surface area contributed by atoms with E-state index in [1.165, 1.54) is 18.2 Å². The van der Waals surface area contributed by atoms with Gasteiger partial charge in [0, 0.05) is 25.4 Å². The second-order valence-corrected chi connectivity index (χ2v) is 16.4. The van der Waals surface area contributed by atoms with Crippen molar-refractivity contribution in [3.8, 4) is 11.5 Å². The van der Waals surface area contributed by atoms with Crippen LogP contribution in [0.4, 0.5) is 0 Å². The summed E-state index contributed by atoms with van der Waals surface area (Å²) in [6, 6.07) is 10.8. The van der Waals surface area contributed by atoms with E-state index in [4.69, 9.17) is 9.47 Å². The third-order valence-corrected chi connectivity index (χ3v) is 10.5. The van der Waals surface area contributed by atoms with E-state index >= 15 is 0 Å². The van der Waals surface area contributed by atoms with E-state index in [9.17, 15) is 31.5 Å². The summed E-state index contributed by atoms with van der Waals surface area (Å²) >= 11 is 0. The quantitative estimate of drug-likeness (QED) is 0.230. The third kappa shape index (κ3) is 10.1. The summed E-state index contributed by atoms with van der Waals surface area (Å²) in [6.07, 6.45) is 1.59. The molecule has 1 saturated heterocycles. The number of sulfonamides is 1. The lowest BCUT2D eigenvalue weighted by Crippen LogP contribution is -2.57. The van der Waals surface area contributed by atoms with Crippen LogP contribution < -0.4 is 20.1 Å². The van der Waals surface area contributed by atoms with Crippen molar-refractivity contribution in [3.05, 3.63) is 54.1 Å². The summed E-state index contributed by atoms with van der Waals surface area (Å²) in [7, 11) is -7.83. The minimum atomic E-state index is -4.13. The van der Waals surface area contributed by atoms with Gasteiger partial charge < -0.3 is 25.2 Å². The molecule has 2 heterocycles.